The first-order valence-electron chi connectivity index (χ1n) is 8.50. The van der Waals surface area contributed by atoms with Crippen molar-refractivity contribution in [2.24, 2.45) is 0 Å². The number of carbonyl (C=O) groups is 1. The van der Waals surface area contributed by atoms with Crippen molar-refractivity contribution >= 4 is 28.4 Å². The first kappa shape index (κ1) is 15.3. The van der Waals surface area contributed by atoms with Gasteiger partial charge >= 0.3 is 0 Å². The number of H-pyrrole nitrogens is 1. The number of nitrogens with one attached hydrogen (secondary N) is 1. The molecule has 26 heavy (non-hydrogen) atoms. The zero-order valence-corrected chi connectivity index (χ0v) is 14.6. The molecule has 0 radical (unpaired) electrons. The monoisotopic (exact) mass is 362 g/mol. The molecule has 4 aromatic rings. The first-order valence-corrected chi connectivity index (χ1v) is 8.87. The lowest BCUT2D eigenvalue weighted by atomic mass is 9.82. The average Bonchev–Trinajstić information content (AvgIpc) is 3.26. The average molecular weight is 363 g/mol. The number of halogens is 1. The Morgan fingerprint density at radius 3 is 2.69 bits per heavy atom. The van der Waals surface area contributed by atoms with Crippen LogP contribution >= 0.6 is 11.6 Å². The molecule has 0 amide bonds. The number of aromatic nitrogens is 4. The summed E-state index contributed by atoms with van der Waals surface area (Å²) in [6, 6.07) is 15.6. The van der Waals surface area contributed by atoms with Gasteiger partial charge in [0.05, 0.1) is 28.5 Å². The first-order chi connectivity index (χ1) is 12.7. The molecule has 1 aliphatic rings. The van der Waals surface area contributed by atoms with Crippen LogP contribution in [-0.2, 0) is 6.42 Å². The van der Waals surface area contributed by atoms with Crippen LogP contribution in [0.25, 0.3) is 17.0 Å². The Hall–Kier alpha value is -2.92. The molecule has 1 N–H and O–H groups in total. The quantitative estimate of drug-likeness (QED) is 0.577. The zero-order valence-electron chi connectivity index (χ0n) is 13.8. The lowest BCUT2D eigenvalue weighted by Gasteiger charge is -2.22. The largest absolute Gasteiger partial charge is 0.322 e. The van der Waals surface area contributed by atoms with Gasteiger partial charge < -0.3 is 4.98 Å². The SMILES string of the molecule is O=C1C[C@H](c2ccc(Cl)cc2)Cc2c1cnn2-c1nc2ccccc2[nH]1. The number of rotatable bonds is 2. The van der Waals surface area contributed by atoms with E-state index in [1.165, 1.54) is 0 Å². The second kappa shape index (κ2) is 5.81. The number of hydrogen-bond donors (Lipinski definition) is 1. The molecule has 128 valence electrons. The molecule has 2 aromatic carbocycles. The Morgan fingerprint density at radius 1 is 1.08 bits per heavy atom. The summed E-state index contributed by atoms with van der Waals surface area (Å²) in [5.74, 6) is 0.873. The number of Topliss-reactive ketones (excluding diaryl/α,β-unsaturated/α-hetero) is 1. The molecular weight excluding hydrogens is 348 g/mol. The summed E-state index contributed by atoms with van der Waals surface area (Å²) < 4.78 is 1.76. The van der Waals surface area contributed by atoms with Gasteiger partial charge in [0, 0.05) is 11.4 Å². The van der Waals surface area contributed by atoms with E-state index in [4.69, 9.17) is 11.6 Å². The van der Waals surface area contributed by atoms with E-state index >= 15 is 0 Å². The van der Waals surface area contributed by atoms with Gasteiger partial charge in [-0.15, -0.1) is 0 Å². The molecule has 0 fully saturated rings. The van der Waals surface area contributed by atoms with Crippen molar-refractivity contribution in [3.63, 3.8) is 0 Å². The van der Waals surface area contributed by atoms with Gasteiger partial charge in [0.1, 0.15) is 0 Å². The van der Waals surface area contributed by atoms with Crippen LogP contribution in [-0.4, -0.2) is 25.5 Å². The van der Waals surface area contributed by atoms with E-state index in [1.54, 1.807) is 10.9 Å². The third kappa shape index (κ3) is 2.44. The van der Waals surface area contributed by atoms with Gasteiger partial charge in [-0.05, 0) is 42.2 Å². The number of hydrogen-bond acceptors (Lipinski definition) is 3. The van der Waals surface area contributed by atoms with Crippen molar-refractivity contribution in [1.29, 1.82) is 0 Å². The highest BCUT2D eigenvalue weighted by Crippen LogP contribution is 2.34. The van der Waals surface area contributed by atoms with Crippen molar-refractivity contribution in [1.82, 2.24) is 19.7 Å². The fourth-order valence-corrected chi connectivity index (χ4v) is 3.76. The van der Waals surface area contributed by atoms with Crippen LogP contribution in [0.15, 0.2) is 54.7 Å². The predicted octanol–water partition coefficient (Wildman–Crippen LogP) is 4.31. The van der Waals surface area contributed by atoms with Crippen LogP contribution in [0, 0.1) is 0 Å². The summed E-state index contributed by atoms with van der Waals surface area (Å²) in [5.41, 5.74) is 4.54. The van der Waals surface area contributed by atoms with Crippen molar-refractivity contribution in [3.8, 4) is 5.95 Å². The van der Waals surface area contributed by atoms with E-state index in [2.05, 4.69) is 15.1 Å². The number of imidazole rings is 1. The third-order valence-electron chi connectivity index (χ3n) is 4.96. The molecule has 0 unspecified atom stereocenters. The maximum absolute atomic E-state index is 12.6. The highest BCUT2D eigenvalue weighted by molar-refractivity contribution is 6.30. The molecule has 1 atom stereocenters. The number of carbonyl (C=O) groups excluding carboxylic acids is 1. The smallest absolute Gasteiger partial charge is 0.229 e. The Morgan fingerprint density at radius 2 is 1.88 bits per heavy atom. The third-order valence-corrected chi connectivity index (χ3v) is 5.21. The van der Waals surface area contributed by atoms with Crippen LogP contribution < -0.4 is 0 Å². The van der Waals surface area contributed by atoms with Crippen molar-refractivity contribution in [2.75, 3.05) is 0 Å². The van der Waals surface area contributed by atoms with Gasteiger partial charge in [-0.1, -0.05) is 35.9 Å². The van der Waals surface area contributed by atoms with E-state index in [0.29, 0.717) is 23.0 Å². The number of nitrogens with zero attached hydrogens (tertiary/aromatic N) is 3. The summed E-state index contributed by atoms with van der Waals surface area (Å²) in [4.78, 5) is 20.5. The molecule has 5 nitrogen and oxygen atoms in total. The van der Waals surface area contributed by atoms with E-state index in [0.717, 1.165) is 28.7 Å². The minimum Gasteiger partial charge on any atom is -0.322 e. The van der Waals surface area contributed by atoms with Gasteiger partial charge in [0.2, 0.25) is 5.95 Å². The molecule has 6 heteroatoms. The summed E-state index contributed by atoms with van der Waals surface area (Å²) in [7, 11) is 0. The van der Waals surface area contributed by atoms with Crippen LogP contribution in [0.5, 0.6) is 0 Å². The van der Waals surface area contributed by atoms with Crippen LogP contribution in [0.1, 0.15) is 34.0 Å². The minimum absolute atomic E-state index is 0.118. The topological polar surface area (TPSA) is 63.6 Å². The highest BCUT2D eigenvalue weighted by Gasteiger charge is 2.30. The van der Waals surface area contributed by atoms with Crippen LogP contribution in [0.2, 0.25) is 5.02 Å². The van der Waals surface area contributed by atoms with Crippen LogP contribution in [0.3, 0.4) is 0 Å². The molecule has 2 heterocycles. The lowest BCUT2D eigenvalue weighted by Crippen LogP contribution is -2.20. The maximum Gasteiger partial charge on any atom is 0.229 e. The molecule has 0 aliphatic heterocycles. The van der Waals surface area contributed by atoms with Crippen LogP contribution in [0.4, 0.5) is 0 Å². The number of aromatic amines is 1. The van der Waals surface area contributed by atoms with Gasteiger partial charge in [-0.25, -0.2) is 9.67 Å². The summed E-state index contributed by atoms with van der Waals surface area (Å²) >= 11 is 5.99. The van der Waals surface area contributed by atoms with E-state index in [-0.39, 0.29) is 11.7 Å². The van der Waals surface area contributed by atoms with Crippen molar-refractivity contribution in [2.45, 2.75) is 18.8 Å². The Balaban J connectivity index is 1.57. The van der Waals surface area contributed by atoms with Gasteiger partial charge in [0.25, 0.3) is 0 Å². The Kier molecular flexibility index (Phi) is 3.43. The molecule has 0 saturated heterocycles. The molecule has 0 spiro atoms. The normalized spacial score (nSPS) is 16.8. The number of fused-ring (bicyclic) bond motifs is 2. The molecule has 2 aromatic heterocycles. The van der Waals surface area contributed by atoms with Gasteiger partial charge in [0.15, 0.2) is 5.78 Å². The number of benzene rings is 2. The summed E-state index contributed by atoms with van der Waals surface area (Å²) in [6.45, 7) is 0. The standard InChI is InChI=1S/C20H15ClN4O/c21-14-7-5-12(6-8-14)13-9-18-15(19(26)10-13)11-22-25(18)20-23-16-3-1-2-4-17(16)24-20/h1-8,11,13H,9-10H2,(H,23,24)/t13-/m1/s1. The zero-order chi connectivity index (χ0) is 17.7. The van der Waals surface area contributed by atoms with E-state index in [1.807, 2.05) is 48.5 Å². The minimum atomic E-state index is 0.118. The maximum atomic E-state index is 12.6. The van der Waals surface area contributed by atoms with Gasteiger partial charge in [-0.2, -0.15) is 5.10 Å². The number of para-hydroxylation sites is 2. The molecule has 1 aliphatic carbocycles. The second-order valence-electron chi connectivity index (χ2n) is 6.57. The van der Waals surface area contributed by atoms with E-state index < -0.39 is 0 Å². The molecule has 0 saturated carbocycles. The predicted molar refractivity (Wildman–Crippen MR) is 100 cm³/mol. The number of ketones is 1. The highest BCUT2D eigenvalue weighted by atomic mass is 35.5. The van der Waals surface area contributed by atoms with E-state index in [9.17, 15) is 4.79 Å². The Labute approximate surface area is 154 Å². The lowest BCUT2D eigenvalue weighted by molar-refractivity contribution is 0.0963. The molecule has 0 bridgehead atoms. The summed E-state index contributed by atoms with van der Waals surface area (Å²) in [5, 5.41) is 5.13. The Bertz CT molecular complexity index is 1090. The molecular formula is C20H15ClN4O. The van der Waals surface area contributed by atoms with Gasteiger partial charge in [-0.3, -0.25) is 4.79 Å². The fourth-order valence-electron chi connectivity index (χ4n) is 3.64. The second-order valence-corrected chi connectivity index (χ2v) is 7.01. The van der Waals surface area contributed by atoms with Crippen molar-refractivity contribution < 1.29 is 4.79 Å². The fraction of sp³-hybridized carbons (Fsp3) is 0.150. The molecule has 5 rings (SSSR count). The van der Waals surface area contributed by atoms with Crippen molar-refractivity contribution in [3.05, 3.63) is 76.6 Å². The summed E-state index contributed by atoms with van der Waals surface area (Å²) in [6.07, 6.45) is 2.88.